The van der Waals surface area contributed by atoms with Crippen molar-refractivity contribution in [3.05, 3.63) is 106 Å². The Balaban J connectivity index is 1.86. The van der Waals surface area contributed by atoms with Crippen molar-refractivity contribution in [2.75, 3.05) is 6.54 Å². The van der Waals surface area contributed by atoms with Crippen molar-refractivity contribution in [3.63, 3.8) is 0 Å². The van der Waals surface area contributed by atoms with Crippen LogP contribution in [-0.2, 0) is 11.2 Å². The van der Waals surface area contributed by atoms with Gasteiger partial charge in [-0.25, -0.2) is 0 Å². The average Bonchev–Trinajstić information content (AvgIpc) is 2.95. The van der Waals surface area contributed by atoms with Crippen LogP contribution >= 0.6 is 0 Å². The third-order valence-electron chi connectivity index (χ3n) is 7.20. The second-order valence-electron chi connectivity index (χ2n) is 10.8. The zero-order valence-electron chi connectivity index (χ0n) is 23.8. The number of benzene rings is 3. The highest BCUT2D eigenvalue weighted by molar-refractivity contribution is 6.06. The van der Waals surface area contributed by atoms with Crippen LogP contribution in [0.15, 0.2) is 72.8 Å². The fraction of sp³-hybridized carbons (Fsp3) is 0.353. The zero-order valence-corrected chi connectivity index (χ0v) is 23.8. The van der Waals surface area contributed by atoms with E-state index in [4.69, 9.17) is 5.11 Å². The number of carboxylic acid groups (broad SMARTS) is 1. The topological polar surface area (TPSA) is 101 Å². The highest BCUT2D eigenvalue weighted by Gasteiger charge is 2.26. The summed E-state index contributed by atoms with van der Waals surface area (Å²) < 4.78 is 0. The van der Waals surface area contributed by atoms with Crippen molar-refractivity contribution in [1.82, 2.24) is 5.32 Å². The molecule has 0 saturated carbocycles. The fourth-order valence-electron chi connectivity index (χ4n) is 4.63. The number of carbonyl (C=O) groups excluding carboxylic acids is 3. The van der Waals surface area contributed by atoms with E-state index in [1.165, 1.54) is 5.56 Å². The molecular weight excluding hydrogens is 502 g/mol. The third kappa shape index (κ3) is 8.47. The van der Waals surface area contributed by atoms with Gasteiger partial charge in [0, 0.05) is 29.7 Å². The van der Waals surface area contributed by atoms with Crippen LogP contribution in [0.2, 0.25) is 0 Å². The molecule has 0 aliphatic rings. The largest absolute Gasteiger partial charge is 0.481 e. The standard InChI is InChI=1S/C34H39NO5/c1-5-23(4)25-10-14-27(15-11-25)31(36)21-30(33(39)28-8-6-24(7-9-28)20-22(2)3)26-12-16-29(17-13-26)34(40)35-19-18-32(37)38/h6-17,22-23,30H,5,18-21H2,1-4H3,(H,35,40)(H,37,38). The van der Waals surface area contributed by atoms with Gasteiger partial charge < -0.3 is 10.4 Å². The van der Waals surface area contributed by atoms with Crippen LogP contribution in [0.5, 0.6) is 0 Å². The van der Waals surface area contributed by atoms with Crippen LogP contribution in [0.4, 0.5) is 0 Å². The maximum absolute atomic E-state index is 13.8. The lowest BCUT2D eigenvalue weighted by atomic mass is 9.84. The first-order chi connectivity index (χ1) is 19.1. The monoisotopic (exact) mass is 541 g/mol. The summed E-state index contributed by atoms with van der Waals surface area (Å²) in [6.07, 6.45) is 1.75. The Morgan fingerprint density at radius 3 is 1.85 bits per heavy atom. The molecule has 0 fully saturated rings. The summed E-state index contributed by atoms with van der Waals surface area (Å²) in [5.74, 6) is -1.49. The molecular formula is C34H39NO5. The van der Waals surface area contributed by atoms with Gasteiger partial charge in [0.15, 0.2) is 11.6 Å². The summed E-state index contributed by atoms with van der Waals surface area (Å²) >= 11 is 0. The molecule has 2 atom stereocenters. The molecule has 0 bridgehead atoms. The molecule has 0 heterocycles. The number of hydrogen-bond acceptors (Lipinski definition) is 4. The zero-order chi connectivity index (χ0) is 29.2. The smallest absolute Gasteiger partial charge is 0.305 e. The van der Waals surface area contributed by atoms with Crippen molar-refractivity contribution in [2.24, 2.45) is 5.92 Å². The molecule has 2 unspecified atom stereocenters. The molecule has 40 heavy (non-hydrogen) atoms. The first kappa shape index (κ1) is 30.5. The maximum Gasteiger partial charge on any atom is 0.305 e. The summed E-state index contributed by atoms with van der Waals surface area (Å²) in [6, 6.07) is 21.8. The lowest BCUT2D eigenvalue weighted by molar-refractivity contribution is -0.136. The number of rotatable bonds is 14. The molecule has 0 aliphatic heterocycles. The summed E-state index contributed by atoms with van der Waals surface area (Å²) in [4.78, 5) is 50.3. The molecule has 6 nitrogen and oxygen atoms in total. The first-order valence-electron chi connectivity index (χ1n) is 13.9. The van der Waals surface area contributed by atoms with Crippen LogP contribution in [0.3, 0.4) is 0 Å². The molecule has 0 radical (unpaired) electrons. The van der Waals surface area contributed by atoms with Gasteiger partial charge in [0.2, 0.25) is 0 Å². The minimum atomic E-state index is -0.992. The molecule has 6 heteroatoms. The maximum atomic E-state index is 13.8. The minimum Gasteiger partial charge on any atom is -0.481 e. The van der Waals surface area contributed by atoms with Gasteiger partial charge in [0.05, 0.1) is 12.3 Å². The molecule has 3 aromatic rings. The van der Waals surface area contributed by atoms with Gasteiger partial charge in [-0.3, -0.25) is 19.2 Å². The molecule has 3 rings (SSSR count). The normalized spacial score (nSPS) is 12.5. The van der Waals surface area contributed by atoms with Gasteiger partial charge in [0.1, 0.15) is 0 Å². The van der Waals surface area contributed by atoms with Crippen molar-refractivity contribution in [2.45, 2.75) is 65.2 Å². The number of ketones is 2. The van der Waals surface area contributed by atoms with E-state index in [2.05, 4.69) is 33.0 Å². The van der Waals surface area contributed by atoms with Gasteiger partial charge in [-0.15, -0.1) is 0 Å². The highest BCUT2D eigenvalue weighted by atomic mass is 16.4. The van der Waals surface area contributed by atoms with E-state index in [1.54, 1.807) is 24.3 Å². The molecule has 3 aromatic carbocycles. The van der Waals surface area contributed by atoms with Gasteiger partial charge >= 0.3 is 5.97 Å². The number of Topliss-reactive ketones (excluding diaryl/α,β-unsaturated/α-hetero) is 2. The number of nitrogens with one attached hydrogen (secondary N) is 1. The number of aliphatic carboxylic acids is 1. The van der Waals surface area contributed by atoms with Crippen LogP contribution in [0.25, 0.3) is 0 Å². The molecule has 0 saturated heterocycles. The SMILES string of the molecule is CCC(C)c1ccc(C(=O)CC(C(=O)c2ccc(CC(C)C)cc2)c2ccc(C(=O)NCCC(=O)O)cc2)cc1. The Labute approximate surface area is 236 Å². The Hall–Kier alpha value is -4.06. The Morgan fingerprint density at radius 2 is 1.30 bits per heavy atom. The number of hydrogen-bond donors (Lipinski definition) is 2. The van der Waals surface area contributed by atoms with Gasteiger partial charge in [-0.05, 0) is 53.5 Å². The number of amides is 1. The molecule has 0 spiro atoms. The fourth-order valence-corrected chi connectivity index (χ4v) is 4.63. The van der Waals surface area contributed by atoms with E-state index < -0.39 is 17.8 Å². The van der Waals surface area contributed by atoms with Crippen molar-refractivity contribution in [1.29, 1.82) is 0 Å². The summed E-state index contributed by atoms with van der Waals surface area (Å²) in [7, 11) is 0. The summed E-state index contributed by atoms with van der Waals surface area (Å²) in [6.45, 7) is 8.58. The van der Waals surface area contributed by atoms with E-state index in [-0.39, 0.29) is 31.0 Å². The van der Waals surface area contributed by atoms with Crippen LogP contribution in [-0.4, -0.2) is 35.1 Å². The lowest BCUT2D eigenvalue weighted by Gasteiger charge is -2.17. The van der Waals surface area contributed by atoms with Crippen LogP contribution in [0.1, 0.15) is 107 Å². The Morgan fingerprint density at radius 1 is 0.750 bits per heavy atom. The first-order valence-corrected chi connectivity index (χ1v) is 13.9. The van der Waals surface area contributed by atoms with Gasteiger partial charge in [0.25, 0.3) is 5.91 Å². The van der Waals surface area contributed by atoms with E-state index >= 15 is 0 Å². The lowest BCUT2D eigenvalue weighted by Crippen LogP contribution is -2.26. The quantitative estimate of drug-likeness (QED) is 0.218. The molecule has 0 aliphatic carbocycles. The number of carbonyl (C=O) groups is 4. The minimum absolute atomic E-state index is 0.000584. The molecule has 0 aromatic heterocycles. The summed E-state index contributed by atoms with van der Waals surface area (Å²) in [5.41, 5.74) is 4.41. The molecule has 1 amide bonds. The average molecular weight is 542 g/mol. The second kappa shape index (κ2) is 14.4. The van der Waals surface area contributed by atoms with E-state index in [0.717, 1.165) is 18.4 Å². The number of carboxylic acids is 1. The third-order valence-corrected chi connectivity index (χ3v) is 7.20. The van der Waals surface area contributed by atoms with Crippen molar-refractivity contribution < 1.29 is 24.3 Å². The molecule has 2 N–H and O–H groups in total. The molecule has 210 valence electrons. The van der Waals surface area contributed by atoms with E-state index in [9.17, 15) is 19.2 Å². The second-order valence-corrected chi connectivity index (χ2v) is 10.8. The van der Waals surface area contributed by atoms with Crippen LogP contribution < -0.4 is 5.32 Å². The van der Waals surface area contributed by atoms with Gasteiger partial charge in [-0.1, -0.05) is 88.4 Å². The Bertz CT molecular complexity index is 1310. The predicted molar refractivity (Wildman–Crippen MR) is 157 cm³/mol. The predicted octanol–water partition coefficient (Wildman–Crippen LogP) is 6.84. The van der Waals surface area contributed by atoms with Crippen molar-refractivity contribution in [3.8, 4) is 0 Å². The van der Waals surface area contributed by atoms with E-state index in [0.29, 0.717) is 34.1 Å². The van der Waals surface area contributed by atoms with Crippen molar-refractivity contribution >= 4 is 23.4 Å². The summed E-state index contributed by atoms with van der Waals surface area (Å²) in [5, 5.41) is 11.4. The van der Waals surface area contributed by atoms with Crippen LogP contribution in [0, 0.1) is 5.92 Å². The van der Waals surface area contributed by atoms with Gasteiger partial charge in [-0.2, -0.15) is 0 Å². The highest BCUT2D eigenvalue weighted by Crippen LogP contribution is 2.28. The Kier molecular flexibility index (Phi) is 10.9. The van der Waals surface area contributed by atoms with E-state index in [1.807, 2.05) is 48.5 Å².